The SMILES string of the molecule is Nc1ccc(/C=C/c2ccc(N)c(S(=O)(=O)O)c2)c(S(=O)(=O)O)c1. The Balaban J connectivity index is 2.50. The smallest absolute Gasteiger partial charge is 0.296 e. The molecular formula is C14H14N2O6S2. The molecule has 2 rings (SSSR count). The first-order valence-corrected chi connectivity index (χ1v) is 9.28. The van der Waals surface area contributed by atoms with Crippen molar-refractivity contribution in [2.45, 2.75) is 9.79 Å². The first-order valence-electron chi connectivity index (χ1n) is 6.40. The second-order valence-electron chi connectivity index (χ2n) is 4.88. The fourth-order valence-corrected chi connectivity index (χ4v) is 3.35. The molecule has 0 saturated carbocycles. The first-order chi connectivity index (χ1) is 11.0. The molecule has 2 aromatic carbocycles. The van der Waals surface area contributed by atoms with Gasteiger partial charge < -0.3 is 11.5 Å². The normalized spacial score (nSPS) is 12.6. The van der Waals surface area contributed by atoms with Crippen LogP contribution in [-0.4, -0.2) is 25.9 Å². The van der Waals surface area contributed by atoms with Gasteiger partial charge in [0.05, 0.1) is 5.69 Å². The van der Waals surface area contributed by atoms with Gasteiger partial charge in [-0.05, 0) is 35.4 Å². The van der Waals surface area contributed by atoms with Crippen molar-refractivity contribution in [3.63, 3.8) is 0 Å². The molecule has 0 aliphatic heterocycles. The highest BCUT2D eigenvalue weighted by molar-refractivity contribution is 7.86. The zero-order valence-corrected chi connectivity index (χ0v) is 13.8. The number of nitrogens with two attached hydrogens (primary N) is 2. The minimum atomic E-state index is -4.49. The third-order valence-corrected chi connectivity index (χ3v) is 4.91. The molecule has 2 aromatic rings. The Labute approximate surface area is 138 Å². The van der Waals surface area contributed by atoms with E-state index in [1.165, 1.54) is 36.4 Å². The van der Waals surface area contributed by atoms with Crippen molar-refractivity contribution < 1.29 is 25.9 Å². The fraction of sp³-hybridized carbons (Fsp3) is 0. The van der Waals surface area contributed by atoms with Gasteiger partial charge in [0.1, 0.15) is 9.79 Å². The van der Waals surface area contributed by atoms with Crippen LogP contribution in [0, 0.1) is 0 Å². The Bertz CT molecular complexity index is 1030. The van der Waals surface area contributed by atoms with Crippen LogP contribution in [-0.2, 0) is 20.2 Å². The summed E-state index contributed by atoms with van der Waals surface area (Å²) >= 11 is 0. The molecule has 0 amide bonds. The van der Waals surface area contributed by atoms with Gasteiger partial charge in [0, 0.05) is 5.69 Å². The van der Waals surface area contributed by atoms with Gasteiger partial charge in [-0.15, -0.1) is 0 Å². The van der Waals surface area contributed by atoms with Crippen LogP contribution < -0.4 is 11.5 Å². The van der Waals surface area contributed by atoms with E-state index in [-0.39, 0.29) is 21.8 Å². The average molecular weight is 370 g/mol. The lowest BCUT2D eigenvalue weighted by Gasteiger charge is -2.05. The minimum absolute atomic E-state index is 0.124. The molecule has 0 aromatic heterocycles. The number of benzene rings is 2. The second kappa shape index (κ2) is 6.24. The molecule has 0 atom stereocenters. The highest BCUT2D eigenvalue weighted by Crippen LogP contribution is 2.23. The molecule has 0 radical (unpaired) electrons. The van der Waals surface area contributed by atoms with Crippen molar-refractivity contribution in [2.75, 3.05) is 11.5 Å². The Morgan fingerprint density at radius 1 is 0.792 bits per heavy atom. The van der Waals surface area contributed by atoms with Gasteiger partial charge in [0.15, 0.2) is 0 Å². The molecule has 0 bridgehead atoms. The number of anilines is 2. The number of hydrogen-bond donors (Lipinski definition) is 4. The Morgan fingerprint density at radius 3 is 2.00 bits per heavy atom. The lowest BCUT2D eigenvalue weighted by atomic mass is 10.1. The van der Waals surface area contributed by atoms with Crippen LogP contribution in [0.3, 0.4) is 0 Å². The molecule has 8 nitrogen and oxygen atoms in total. The van der Waals surface area contributed by atoms with Gasteiger partial charge in [-0.3, -0.25) is 9.11 Å². The van der Waals surface area contributed by atoms with E-state index in [0.29, 0.717) is 5.56 Å². The van der Waals surface area contributed by atoms with E-state index in [1.807, 2.05) is 0 Å². The van der Waals surface area contributed by atoms with E-state index >= 15 is 0 Å². The summed E-state index contributed by atoms with van der Waals surface area (Å²) in [6.07, 6.45) is 2.75. The molecule has 10 heteroatoms. The molecule has 0 aliphatic rings. The van der Waals surface area contributed by atoms with Crippen LogP contribution in [0.15, 0.2) is 46.2 Å². The third kappa shape index (κ3) is 4.11. The molecule has 0 heterocycles. The summed E-state index contributed by atoms with van der Waals surface area (Å²) in [6, 6.07) is 7.82. The average Bonchev–Trinajstić information content (AvgIpc) is 2.45. The number of nitrogen functional groups attached to an aromatic ring is 2. The first kappa shape index (κ1) is 17.9. The fourth-order valence-electron chi connectivity index (χ4n) is 1.98. The third-order valence-electron chi connectivity index (χ3n) is 3.09. The lowest BCUT2D eigenvalue weighted by molar-refractivity contribution is 0.481. The highest BCUT2D eigenvalue weighted by atomic mass is 32.2. The maximum atomic E-state index is 11.4. The van der Waals surface area contributed by atoms with Crippen LogP contribution in [0.1, 0.15) is 11.1 Å². The molecule has 0 spiro atoms. The number of hydrogen-bond acceptors (Lipinski definition) is 6. The highest BCUT2D eigenvalue weighted by Gasteiger charge is 2.15. The van der Waals surface area contributed by atoms with Crippen molar-refractivity contribution in [1.29, 1.82) is 0 Å². The van der Waals surface area contributed by atoms with E-state index in [9.17, 15) is 21.4 Å². The summed E-state index contributed by atoms with van der Waals surface area (Å²) in [6.45, 7) is 0. The van der Waals surface area contributed by atoms with E-state index in [0.717, 1.165) is 12.1 Å². The summed E-state index contributed by atoms with van der Waals surface area (Å²) in [5.74, 6) is 0. The van der Waals surface area contributed by atoms with Gasteiger partial charge in [0.2, 0.25) is 0 Å². The van der Waals surface area contributed by atoms with Crippen molar-refractivity contribution in [3.05, 3.63) is 47.5 Å². The van der Waals surface area contributed by atoms with Gasteiger partial charge in [0.25, 0.3) is 20.2 Å². The van der Waals surface area contributed by atoms with Crippen LogP contribution >= 0.6 is 0 Å². The van der Waals surface area contributed by atoms with Gasteiger partial charge in [-0.1, -0.05) is 24.3 Å². The number of rotatable bonds is 4. The summed E-state index contributed by atoms with van der Waals surface area (Å²) in [5.41, 5.74) is 11.5. The van der Waals surface area contributed by atoms with E-state index in [4.69, 9.17) is 16.0 Å². The van der Waals surface area contributed by atoms with Crippen LogP contribution in [0.25, 0.3) is 12.2 Å². The molecule has 0 aliphatic carbocycles. The Kier molecular flexibility index (Phi) is 4.67. The second-order valence-corrected chi connectivity index (χ2v) is 7.66. The lowest BCUT2D eigenvalue weighted by Crippen LogP contribution is -2.03. The molecule has 24 heavy (non-hydrogen) atoms. The Morgan fingerprint density at radius 2 is 1.42 bits per heavy atom. The van der Waals surface area contributed by atoms with Crippen molar-refractivity contribution in [3.8, 4) is 0 Å². The maximum absolute atomic E-state index is 11.4. The molecule has 0 saturated heterocycles. The molecule has 6 N–H and O–H groups in total. The molecule has 0 fully saturated rings. The van der Waals surface area contributed by atoms with Crippen molar-refractivity contribution in [2.24, 2.45) is 0 Å². The monoisotopic (exact) mass is 370 g/mol. The van der Waals surface area contributed by atoms with Gasteiger partial charge in [-0.2, -0.15) is 16.8 Å². The van der Waals surface area contributed by atoms with Crippen molar-refractivity contribution in [1.82, 2.24) is 0 Å². The standard InChI is InChI=1S/C14H14N2O6S2/c15-11-5-4-10(13(8-11)23(17,18)19)3-1-9-2-6-12(16)14(7-9)24(20,21)22/h1-8H,15-16H2,(H,17,18,19)(H,20,21,22)/b3-1+. The summed E-state index contributed by atoms with van der Waals surface area (Å²) < 4.78 is 63.6. The van der Waals surface area contributed by atoms with E-state index in [2.05, 4.69) is 0 Å². The minimum Gasteiger partial charge on any atom is -0.399 e. The van der Waals surface area contributed by atoms with Crippen LogP contribution in [0.5, 0.6) is 0 Å². The summed E-state index contributed by atoms with van der Waals surface area (Å²) in [5, 5.41) is 0. The van der Waals surface area contributed by atoms with Crippen molar-refractivity contribution >= 4 is 43.8 Å². The predicted octanol–water partition coefficient (Wildman–Crippen LogP) is 1.51. The quantitative estimate of drug-likeness (QED) is 0.358. The molecule has 128 valence electrons. The Hall–Kier alpha value is -2.40. The zero-order valence-electron chi connectivity index (χ0n) is 12.1. The van der Waals surface area contributed by atoms with E-state index < -0.39 is 25.1 Å². The largest absolute Gasteiger partial charge is 0.399 e. The maximum Gasteiger partial charge on any atom is 0.296 e. The van der Waals surface area contributed by atoms with E-state index in [1.54, 1.807) is 0 Å². The summed E-state index contributed by atoms with van der Waals surface area (Å²) in [4.78, 5) is -0.846. The summed E-state index contributed by atoms with van der Waals surface area (Å²) in [7, 11) is -8.97. The topological polar surface area (TPSA) is 161 Å². The predicted molar refractivity (Wildman–Crippen MR) is 90.3 cm³/mol. The molecular weight excluding hydrogens is 356 g/mol. The van der Waals surface area contributed by atoms with Gasteiger partial charge in [-0.25, -0.2) is 0 Å². The molecule has 0 unspecified atom stereocenters. The van der Waals surface area contributed by atoms with Crippen LogP contribution in [0.4, 0.5) is 11.4 Å². The van der Waals surface area contributed by atoms with Gasteiger partial charge >= 0.3 is 0 Å². The van der Waals surface area contributed by atoms with Crippen LogP contribution in [0.2, 0.25) is 0 Å². The zero-order chi connectivity index (χ0) is 18.1.